The number of amides is 2. The SMILES string of the molecule is Cc1cc(NC(=O)CN2CCN(C(=O)Cn3c(=O)ccn(Cc4ccccc4)c3=O)CC2)no1. The molecule has 0 unspecified atom stereocenters. The van der Waals surface area contributed by atoms with Crippen molar-refractivity contribution in [3.63, 3.8) is 0 Å². The van der Waals surface area contributed by atoms with E-state index in [-0.39, 0.29) is 24.9 Å². The molecule has 0 radical (unpaired) electrons. The van der Waals surface area contributed by atoms with Gasteiger partial charge in [0.05, 0.1) is 13.1 Å². The normalized spacial score (nSPS) is 14.2. The van der Waals surface area contributed by atoms with Crippen LogP contribution in [0.1, 0.15) is 11.3 Å². The number of piperazine rings is 1. The molecule has 2 amide bonds. The summed E-state index contributed by atoms with van der Waals surface area (Å²) in [6.07, 6.45) is 1.45. The summed E-state index contributed by atoms with van der Waals surface area (Å²) in [7, 11) is 0. The molecular weight excluding hydrogens is 440 g/mol. The molecular formula is C23H26N6O5. The number of rotatable bonds is 7. The van der Waals surface area contributed by atoms with E-state index < -0.39 is 11.2 Å². The summed E-state index contributed by atoms with van der Waals surface area (Å²) in [4.78, 5) is 53.7. The van der Waals surface area contributed by atoms with E-state index in [2.05, 4.69) is 10.5 Å². The molecule has 0 atom stereocenters. The standard InChI is InChI=1S/C23H26N6O5/c1-17-13-19(25-34-17)24-20(30)15-26-9-11-27(12-10-26)22(32)16-29-21(31)7-8-28(23(29)33)14-18-5-3-2-4-6-18/h2-8,13H,9-12,14-16H2,1H3,(H,24,25,30). The summed E-state index contributed by atoms with van der Waals surface area (Å²) in [5, 5.41) is 6.40. The molecule has 1 N–H and O–H groups in total. The van der Waals surface area contributed by atoms with Crippen molar-refractivity contribution in [1.82, 2.24) is 24.1 Å². The van der Waals surface area contributed by atoms with Crippen LogP contribution in [0.2, 0.25) is 0 Å². The van der Waals surface area contributed by atoms with E-state index in [1.54, 1.807) is 17.9 Å². The summed E-state index contributed by atoms with van der Waals surface area (Å²) in [6.45, 7) is 3.68. The quantitative estimate of drug-likeness (QED) is 0.525. The maximum absolute atomic E-state index is 12.8. The minimum atomic E-state index is -0.525. The third-order valence-corrected chi connectivity index (χ3v) is 5.62. The molecule has 3 aromatic rings. The van der Waals surface area contributed by atoms with Crippen LogP contribution in [-0.2, 0) is 22.7 Å². The molecule has 0 spiro atoms. The van der Waals surface area contributed by atoms with Gasteiger partial charge in [-0.2, -0.15) is 0 Å². The number of nitrogens with zero attached hydrogens (tertiary/aromatic N) is 5. The van der Waals surface area contributed by atoms with Gasteiger partial charge in [-0.15, -0.1) is 0 Å². The van der Waals surface area contributed by atoms with Gasteiger partial charge in [-0.1, -0.05) is 35.5 Å². The third kappa shape index (κ3) is 5.67. The average molecular weight is 466 g/mol. The number of carbonyl (C=O) groups is 2. The average Bonchev–Trinajstić information content (AvgIpc) is 3.23. The predicted molar refractivity (Wildman–Crippen MR) is 123 cm³/mol. The lowest BCUT2D eigenvalue weighted by Gasteiger charge is -2.34. The fourth-order valence-corrected chi connectivity index (χ4v) is 3.80. The van der Waals surface area contributed by atoms with Crippen molar-refractivity contribution in [1.29, 1.82) is 0 Å². The van der Waals surface area contributed by atoms with Gasteiger partial charge in [0.15, 0.2) is 5.82 Å². The Hall–Kier alpha value is -3.99. The van der Waals surface area contributed by atoms with Crippen LogP contribution in [0.4, 0.5) is 5.82 Å². The van der Waals surface area contributed by atoms with Crippen LogP contribution < -0.4 is 16.6 Å². The van der Waals surface area contributed by atoms with Gasteiger partial charge in [0.25, 0.3) is 5.56 Å². The second-order valence-corrected chi connectivity index (χ2v) is 8.16. The highest BCUT2D eigenvalue weighted by Crippen LogP contribution is 2.08. The van der Waals surface area contributed by atoms with Gasteiger partial charge in [0.1, 0.15) is 12.3 Å². The Morgan fingerprint density at radius 1 is 1.03 bits per heavy atom. The van der Waals surface area contributed by atoms with Crippen molar-refractivity contribution in [2.45, 2.75) is 20.0 Å². The third-order valence-electron chi connectivity index (χ3n) is 5.62. The Bertz CT molecular complexity index is 1270. The van der Waals surface area contributed by atoms with Crippen LogP contribution in [0.25, 0.3) is 0 Å². The van der Waals surface area contributed by atoms with Crippen molar-refractivity contribution in [2.75, 3.05) is 38.0 Å². The molecule has 0 bridgehead atoms. The predicted octanol–water partition coefficient (Wildman–Crippen LogP) is 0.138. The fraction of sp³-hybridized carbons (Fsp3) is 0.348. The summed E-state index contributed by atoms with van der Waals surface area (Å²) in [6, 6.07) is 12.3. The first-order valence-electron chi connectivity index (χ1n) is 11.0. The maximum atomic E-state index is 12.8. The Balaban J connectivity index is 1.32. The van der Waals surface area contributed by atoms with Crippen LogP contribution in [0, 0.1) is 6.92 Å². The molecule has 11 heteroatoms. The molecule has 34 heavy (non-hydrogen) atoms. The minimum Gasteiger partial charge on any atom is -0.360 e. The lowest BCUT2D eigenvalue weighted by molar-refractivity contribution is -0.133. The van der Waals surface area contributed by atoms with Crippen molar-refractivity contribution in [2.24, 2.45) is 0 Å². The highest BCUT2D eigenvalue weighted by molar-refractivity contribution is 5.91. The monoisotopic (exact) mass is 466 g/mol. The molecule has 1 saturated heterocycles. The highest BCUT2D eigenvalue weighted by Gasteiger charge is 2.23. The van der Waals surface area contributed by atoms with Gasteiger partial charge in [0, 0.05) is 44.5 Å². The number of carbonyl (C=O) groups excluding carboxylic acids is 2. The van der Waals surface area contributed by atoms with E-state index in [1.165, 1.54) is 16.8 Å². The number of anilines is 1. The van der Waals surface area contributed by atoms with E-state index >= 15 is 0 Å². The molecule has 11 nitrogen and oxygen atoms in total. The maximum Gasteiger partial charge on any atom is 0.331 e. The first-order chi connectivity index (χ1) is 16.4. The Labute approximate surface area is 195 Å². The van der Waals surface area contributed by atoms with Gasteiger partial charge in [-0.25, -0.2) is 4.79 Å². The van der Waals surface area contributed by atoms with Crippen LogP contribution in [0.3, 0.4) is 0 Å². The zero-order valence-corrected chi connectivity index (χ0v) is 18.8. The molecule has 2 aromatic heterocycles. The van der Waals surface area contributed by atoms with Crippen LogP contribution >= 0.6 is 0 Å². The Morgan fingerprint density at radius 2 is 1.76 bits per heavy atom. The summed E-state index contributed by atoms with van der Waals surface area (Å²) < 4.78 is 7.30. The minimum absolute atomic E-state index is 0.163. The van der Waals surface area contributed by atoms with E-state index in [1.807, 2.05) is 35.2 Å². The lowest BCUT2D eigenvalue weighted by atomic mass is 10.2. The molecule has 1 aliphatic heterocycles. The zero-order valence-electron chi connectivity index (χ0n) is 18.8. The van der Waals surface area contributed by atoms with Crippen molar-refractivity contribution < 1.29 is 14.1 Å². The lowest BCUT2D eigenvalue weighted by Crippen LogP contribution is -2.52. The molecule has 3 heterocycles. The first-order valence-corrected chi connectivity index (χ1v) is 11.0. The molecule has 4 rings (SSSR count). The van der Waals surface area contributed by atoms with Crippen LogP contribution in [-0.4, -0.2) is 68.6 Å². The number of aryl methyl sites for hydroxylation is 1. The van der Waals surface area contributed by atoms with Crippen LogP contribution in [0.5, 0.6) is 0 Å². The van der Waals surface area contributed by atoms with Gasteiger partial charge < -0.3 is 14.7 Å². The Kier molecular flexibility index (Phi) is 7.02. The smallest absolute Gasteiger partial charge is 0.331 e. The fourth-order valence-electron chi connectivity index (χ4n) is 3.80. The van der Waals surface area contributed by atoms with Gasteiger partial charge in [0.2, 0.25) is 11.8 Å². The van der Waals surface area contributed by atoms with Crippen molar-refractivity contribution >= 4 is 17.6 Å². The summed E-state index contributed by atoms with van der Waals surface area (Å²) in [5.41, 5.74) is -0.121. The van der Waals surface area contributed by atoms with Crippen LogP contribution in [0.15, 0.2) is 62.8 Å². The molecule has 1 aliphatic rings. The second-order valence-electron chi connectivity index (χ2n) is 8.16. The van der Waals surface area contributed by atoms with E-state index in [0.717, 1.165) is 10.1 Å². The first kappa shape index (κ1) is 23.2. The summed E-state index contributed by atoms with van der Waals surface area (Å²) in [5.74, 6) is 0.441. The van der Waals surface area contributed by atoms with E-state index in [9.17, 15) is 19.2 Å². The number of hydrogen-bond donors (Lipinski definition) is 1. The molecule has 1 fully saturated rings. The van der Waals surface area contributed by atoms with Gasteiger partial charge in [-0.3, -0.25) is 28.4 Å². The molecule has 0 saturated carbocycles. The van der Waals surface area contributed by atoms with Gasteiger partial charge in [-0.05, 0) is 12.5 Å². The number of benzene rings is 1. The van der Waals surface area contributed by atoms with Gasteiger partial charge >= 0.3 is 5.69 Å². The molecule has 0 aliphatic carbocycles. The number of hydrogen-bond acceptors (Lipinski definition) is 7. The molecule has 1 aromatic carbocycles. The van der Waals surface area contributed by atoms with E-state index in [0.29, 0.717) is 44.3 Å². The second kappa shape index (κ2) is 10.3. The topological polar surface area (TPSA) is 123 Å². The van der Waals surface area contributed by atoms with Crippen molar-refractivity contribution in [3.05, 3.63) is 80.8 Å². The zero-order chi connectivity index (χ0) is 24.1. The van der Waals surface area contributed by atoms with Crippen molar-refractivity contribution in [3.8, 4) is 0 Å². The summed E-state index contributed by atoms with van der Waals surface area (Å²) >= 11 is 0. The van der Waals surface area contributed by atoms with E-state index in [4.69, 9.17) is 4.52 Å². The Morgan fingerprint density at radius 3 is 2.44 bits per heavy atom. The largest absolute Gasteiger partial charge is 0.360 e. The number of nitrogens with one attached hydrogen (secondary N) is 1. The highest BCUT2D eigenvalue weighted by atomic mass is 16.5. The molecule has 178 valence electrons. The number of aromatic nitrogens is 3.